The summed E-state index contributed by atoms with van der Waals surface area (Å²) >= 11 is 0. The van der Waals surface area contributed by atoms with Gasteiger partial charge in [-0.3, -0.25) is 4.79 Å². The molecule has 1 N–H and O–H groups in total. The minimum atomic E-state index is -0.0568. The Hall–Kier alpha value is -0.610. The van der Waals surface area contributed by atoms with Crippen LogP contribution in [0.1, 0.15) is 52.4 Å². The smallest absolute Gasteiger partial charge is 0.239 e. The zero-order chi connectivity index (χ0) is 13.7. The Morgan fingerprint density at radius 1 is 1.37 bits per heavy atom. The summed E-state index contributed by atoms with van der Waals surface area (Å²) in [7, 11) is 0. The summed E-state index contributed by atoms with van der Waals surface area (Å²) in [5.41, 5.74) is 0. The summed E-state index contributed by atoms with van der Waals surface area (Å²) in [5, 5.41) is 3.51. The van der Waals surface area contributed by atoms with Gasteiger partial charge in [-0.1, -0.05) is 6.92 Å². The Kier molecular flexibility index (Phi) is 5.64. The first-order valence-electron chi connectivity index (χ1n) is 7.87. The fourth-order valence-corrected chi connectivity index (χ4v) is 3.13. The lowest BCUT2D eigenvalue weighted by atomic mass is 10.0. The highest BCUT2D eigenvalue weighted by Crippen LogP contribution is 2.17. The van der Waals surface area contributed by atoms with E-state index >= 15 is 0 Å². The van der Waals surface area contributed by atoms with Crippen LogP contribution in [0.3, 0.4) is 0 Å². The van der Waals surface area contributed by atoms with E-state index in [1.54, 1.807) is 0 Å². The predicted molar refractivity (Wildman–Crippen MR) is 76.1 cm³/mol. The lowest BCUT2D eigenvalue weighted by Crippen LogP contribution is -2.51. The first kappa shape index (κ1) is 14.8. The van der Waals surface area contributed by atoms with Crippen molar-refractivity contribution in [1.29, 1.82) is 0 Å². The summed E-state index contributed by atoms with van der Waals surface area (Å²) < 4.78 is 5.68. The summed E-state index contributed by atoms with van der Waals surface area (Å²) in [6.07, 6.45) is 7.07. The van der Waals surface area contributed by atoms with E-state index < -0.39 is 0 Å². The van der Waals surface area contributed by atoms with Gasteiger partial charge in [-0.2, -0.15) is 0 Å². The van der Waals surface area contributed by atoms with Gasteiger partial charge >= 0.3 is 0 Å². The van der Waals surface area contributed by atoms with E-state index in [9.17, 15) is 4.79 Å². The molecule has 0 aromatic heterocycles. The average molecular weight is 268 g/mol. The molecule has 0 saturated carbocycles. The molecule has 4 heteroatoms. The van der Waals surface area contributed by atoms with Crippen molar-refractivity contribution in [2.24, 2.45) is 0 Å². The number of rotatable bonds is 4. The number of carbonyl (C=O) groups is 1. The van der Waals surface area contributed by atoms with Crippen molar-refractivity contribution in [2.75, 3.05) is 19.7 Å². The number of ether oxygens (including phenoxy) is 1. The highest BCUT2D eigenvalue weighted by atomic mass is 16.5. The fourth-order valence-electron chi connectivity index (χ4n) is 3.13. The van der Waals surface area contributed by atoms with Crippen molar-refractivity contribution in [3.05, 3.63) is 0 Å². The van der Waals surface area contributed by atoms with E-state index in [2.05, 4.69) is 12.2 Å². The van der Waals surface area contributed by atoms with Crippen LogP contribution in [-0.2, 0) is 9.53 Å². The van der Waals surface area contributed by atoms with Gasteiger partial charge in [0.05, 0.1) is 12.1 Å². The molecule has 1 amide bonds. The lowest BCUT2D eigenvalue weighted by Gasteiger charge is -2.34. The normalized spacial score (nSPS) is 30.1. The Morgan fingerprint density at radius 3 is 2.79 bits per heavy atom. The molecule has 2 fully saturated rings. The highest BCUT2D eigenvalue weighted by Gasteiger charge is 2.27. The van der Waals surface area contributed by atoms with Gasteiger partial charge in [0.1, 0.15) is 0 Å². The number of likely N-dealkylation sites (tertiary alicyclic amines) is 1. The van der Waals surface area contributed by atoms with Crippen LogP contribution < -0.4 is 5.32 Å². The van der Waals surface area contributed by atoms with Crippen LogP contribution in [0.5, 0.6) is 0 Å². The SMILES string of the molecule is CCC1CC(NC(C)C(=O)N2CCCCC2)CCO1. The second-order valence-electron chi connectivity index (χ2n) is 5.90. The molecule has 3 atom stereocenters. The maximum atomic E-state index is 12.4. The zero-order valence-electron chi connectivity index (χ0n) is 12.4. The molecule has 0 aliphatic carbocycles. The molecule has 0 aromatic rings. The molecular formula is C15H28N2O2. The summed E-state index contributed by atoms with van der Waals surface area (Å²) in [5.74, 6) is 0.277. The maximum Gasteiger partial charge on any atom is 0.239 e. The van der Waals surface area contributed by atoms with Crippen molar-refractivity contribution in [3.63, 3.8) is 0 Å². The molecular weight excluding hydrogens is 240 g/mol. The maximum absolute atomic E-state index is 12.4. The molecule has 3 unspecified atom stereocenters. The third kappa shape index (κ3) is 4.18. The van der Waals surface area contributed by atoms with Crippen LogP contribution >= 0.6 is 0 Å². The van der Waals surface area contributed by atoms with Gasteiger partial charge in [0, 0.05) is 25.7 Å². The van der Waals surface area contributed by atoms with Crippen LogP contribution in [0.15, 0.2) is 0 Å². The number of piperidine rings is 1. The van der Waals surface area contributed by atoms with E-state index in [1.165, 1.54) is 6.42 Å². The molecule has 2 aliphatic rings. The van der Waals surface area contributed by atoms with Gasteiger partial charge in [-0.25, -0.2) is 0 Å². The molecule has 110 valence electrons. The van der Waals surface area contributed by atoms with E-state index in [1.807, 2.05) is 11.8 Å². The van der Waals surface area contributed by atoms with E-state index in [-0.39, 0.29) is 11.9 Å². The Morgan fingerprint density at radius 2 is 2.11 bits per heavy atom. The molecule has 0 spiro atoms. The fraction of sp³-hybridized carbons (Fsp3) is 0.933. The third-order valence-electron chi connectivity index (χ3n) is 4.35. The van der Waals surface area contributed by atoms with Gasteiger partial charge in [0.2, 0.25) is 5.91 Å². The summed E-state index contributed by atoms with van der Waals surface area (Å²) in [6, 6.07) is 0.376. The third-order valence-corrected chi connectivity index (χ3v) is 4.35. The number of hydrogen-bond acceptors (Lipinski definition) is 3. The minimum Gasteiger partial charge on any atom is -0.378 e. The van der Waals surface area contributed by atoms with Crippen LogP contribution in [0.2, 0.25) is 0 Å². The first-order valence-corrected chi connectivity index (χ1v) is 7.87. The number of nitrogens with one attached hydrogen (secondary N) is 1. The Labute approximate surface area is 116 Å². The van der Waals surface area contributed by atoms with Crippen molar-refractivity contribution in [3.8, 4) is 0 Å². The summed E-state index contributed by atoms with van der Waals surface area (Å²) in [6.45, 7) is 6.87. The lowest BCUT2D eigenvalue weighted by molar-refractivity contribution is -0.134. The van der Waals surface area contributed by atoms with Gasteiger partial charge < -0.3 is 15.0 Å². The molecule has 2 heterocycles. The topological polar surface area (TPSA) is 41.6 Å². The molecule has 19 heavy (non-hydrogen) atoms. The number of amides is 1. The Bertz CT molecular complexity index is 290. The quantitative estimate of drug-likeness (QED) is 0.847. The van der Waals surface area contributed by atoms with Gasteiger partial charge in [0.25, 0.3) is 0 Å². The first-order chi connectivity index (χ1) is 9.20. The summed E-state index contributed by atoms with van der Waals surface area (Å²) in [4.78, 5) is 14.4. The number of carbonyl (C=O) groups excluding carboxylic acids is 1. The predicted octanol–water partition coefficient (Wildman–Crippen LogP) is 1.93. The highest BCUT2D eigenvalue weighted by molar-refractivity contribution is 5.81. The second kappa shape index (κ2) is 7.25. The molecule has 4 nitrogen and oxygen atoms in total. The van der Waals surface area contributed by atoms with Crippen LogP contribution in [0.4, 0.5) is 0 Å². The average Bonchev–Trinajstić information content (AvgIpc) is 2.47. The molecule has 0 bridgehead atoms. The van der Waals surface area contributed by atoms with Crippen molar-refractivity contribution < 1.29 is 9.53 Å². The van der Waals surface area contributed by atoms with Crippen LogP contribution in [0, 0.1) is 0 Å². The van der Waals surface area contributed by atoms with Crippen molar-refractivity contribution >= 4 is 5.91 Å². The molecule has 2 rings (SSSR count). The number of nitrogens with zero attached hydrogens (tertiary/aromatic N) is 1. The van der Waals surface area contributed by atoms with Crippen molar-refractivity contribution in [1.82, 2.24) is 10.2 Å². The van der Waals surface area contributed by atoms with Crippen LogP contribution in [0.25, 0.3) is 0 Å². The standard InChI is InChI=1S/C15H28N2O2/c1-3-14-11-13(7-10-19-14)16-12(2)15(18)17-8-5-4-6-9-17/h12-14,16H,3-11H2,1-2H3. The largest absolute Gasteiger partial charge is 0.378 e. The molecule has 2 aliphatic heterocycles. The second-order valence-corrected chi connectivity index (χ2v) is 5.90. The minimum absolute atomic E-state index is 0.0568. The zero-order valence-corrected chi connectivity index (χ0v) is 12.4. The van der Waals surface area contributed by atoms with E-state index in [0.29, 0.717) is 12.1 Å². The van der Waals surface area contributed by atoms with Crippen molar-refractivity contribution in [2.45, 2.75) is 70.6 Å². The van der Waals surface area contributed by atoms with Gasteiger partial charge in [-0.15, -0.1) is 0 Å². The monoisotopic (exact) mass is 268 g/mol. The molecule has 0 radical (unpaired) electrons. The van der Waals surface area contributed by atoms with Crippen LogP contribution in [-0.4, -0.2) is 48.7 Å². The van der Waals surface area contributed by atoms with E-state index in [0.717, 1.165) is 51.8 Å². The molecule has 2 saturated heterocycles. The van der Waals surface area contributed by atoms with E-state index in [4.69, 9.17) is 4.74 Å². The van der Waals surface area contributed by atoms with Gasteiger partial charge in [0.15, 0.2) is 0 Å². The number of hydrogen-bond donors (Lipinski definition) is 1. The Balaban J connectivity index is 1.79. The van der Waals surface area contributed by atoms with Gasteiger partial charge in [-0.05, 0) is 45.4 Å². The molecule has 0 aromatic carbocycles.